The summed E-state index contributed by atoms with van der Waals surface area (Å²) in [5.41, 5.74) is 1.25. The smallest absolute Gasteiger partial charge is 0.263 e. The summed E-state index contributed by atoms with van der Waals surface area (Å²) in [6.45, 7) is 1.73. The number of benzene rings is 2. The van der Waals surface area contributed by atoms with E-state index in [0.717, 1.165) is 35.9 Å². The summed E-state index contributed by atoms with van der Waals surface area (Å²) in [6.07, 6.45) is 3.29. The summed E-state index contributed by atoms with van der Waals surface area (Å²) in [5, 5.41) is 0. The molecule has 0 saturated carbocycles. The molecule has 152 valence electrons. The molecule has 0 aromatic heterocycles. The summed E-state index contributed by atoms with van der Waals surface area (Å²) in [7, 11) is -5.27. The Hall–Kier alpha value is -2.10. The van der Waals surface area contributed by atoms with E-state index in [1.165, 1.54) is 44.8 Å². The van der Waals surface area contributed by atoms with Gasteiger partial charge in [0.25, 0.3) is 10.0 Å². The van der Waals surface area contributed by atoms with Gasteiger partial charge in [-0.25, -0.2) is 21.1 Å². The second-order valence-corrected chi connectivity index (χ2v) is 10.7. The number of para-hydroxylation sites is 2. The standard InChI is InChI=1S/C19H25N3O4S2/c1-21(2)28(25,26)19-13-7-6-12-18(19)27(23,24)20-16-10-4-5-11-17(16)22-14-8-3-9-15-22/h4-7,10-13,20H,3,8-9,14-15H2,1-2H3. The van der Waals surface area contributed by atoms with Crippen LogP contribution in [0, 0.1) is 0 Å². The van der Waals surface area contributed by atoms with Crippen molar-refractivity contribution in [1.82, 2.24) is 4.31 Å². The monoisotopic (exact) mass is 423 g/mol. The Labute approximate surface area is 167 Å². The van der Waals surface area contributed by atoms with Crippen LogP contribution in [-0.2, 0) is 20.0 Å². The quantitative estimate of drug-likeness (QED) is 0.772. The molecule has 9 heteroatoms. The van der Waals surface area contributed by atoms with Gasteiger partial charge in [0.2, 0.25) is 10.0 Å². The Balaban J connectivity index is 2.01. The van der Waals surface area contributed by atoms with E-state index in [1.54, 1.807) is 12.1 Å². The summed E-state index contributed by atoms with van der Waals surface area (Å²) in [6, 6.07) is 12.8. The lowest BCUT2D eigenvalue weighted by atomic mass is 10.1. The van der Waals surface area contributed by atoms with Crippen molar-refractivity contribution in [2.45, 2.75) is 29.1 Å². The first kappa shape index (κ1) is 20.6. The zero-order chi connectivity index (χ0) is 20.4. The highest BCUT2D eigenvalue weighted by Gasteiger charge is 2.28. The zero-order valence-corrected chi connectivity index (χ0v) is 17.6. The SMILES string of the molecule is CN(C)S(=O)(=O)c1ccccc1S(=O)(=O)Nc1ccccc1N1CCCCC1. The molecule has 1 N–H and O–H groups in total. The van der Waals surface area contributed by atoms with Gasteiger partial charge in [0, 0.05) is 27.2 Å². The van der Waals surface area contributed by atoms with Crippen LogP contribution in [0.5, 0.6) is 0 Å². The first-order valence-electron chi connectivity index (χ1n) is 9.12. The maximum atomic E-state index is 13.1. The molecule has 0 radical (unpaired) electrons. The molecule has 7 nitrogen and oxygen atoms in total. The average molecular weight is 424 g/mol. The fraction of sp³-hybridized carbons (Fsp3) is 0.368. The van der Waals surface area contributed by atoms with E-state index in [0.29, 0.717) is 5.69 Å². The number of hydrogen-bond donors (Lipinski definition) is 1. The maximum absolute atomic E-state index is 13.1. The Morgan fingerprint density at radius 3 is 2.04 bits per heavy atom. The number of sulfonamides is 2. The predicted molar refractivity (Wildman–Crippen MR) is 111 cm³/mol. The van der Waals surface area contributed by atoms with Crippen molar-refractivity contribution < 1.29 is 16.8 Å². The normalized spacial score (nSPS) is 15.6. The van der Waals surface area contributed by atoms with Gasteiger partial charge in [0.05, 0.1) is 11.4 Å². The third-order valence-corrected chi connectivity index (χ3v) is 8.17. The molecule has 0 spiro atoms. The van der Waals surface area contributed by atoms with Crippen LogP contribution in [0.4, 0.5) is 11.4 Å². The maximum Gasteiger partial charge on any atom is 0.263 e. The molecule has 1 aliphatic heterocycles. The summed E-state index contributed by atoms with van der Waals surface area (Å²) in [5.74, 6) is 0. The molecule has 3 rings (SSSR count). The molecule has 2 aromatic rings. The third kappa shape index (κ3) is 4.16. The summed E-state index contributed by atoms with van der Waals surface area (Å²) in [4.78, 5) is 1.64. The number of nitrogens with one attached hydrogen (secondary N) is 1. The van der Waals surface area contributed by atoms with Crippen molar-refractivity contribution in [1.29, 1.82) is 0 Å². The Morgan fingerprint density at radius 1 is 0.821 bits per heavy atom. The van der Waals surface area contributed by atoms with Crippen molar-refractivity contribution in [2.75, 3.05) is 36.8 Å². The number of rotatable bonds is 6. The highest BCUT2D eigenvalue weighted by molar-refractivity contribution is 7.94. The van der Waals surface area contributed by atoms with E-state index in [9.17, 15) is 16.8 Å². The minimum absolute atomic E-state index is 0.247. The van der Waals surface area contributed by atoms with Gasteiger partial charge in [-0.3, -0.25) is 4.72 Å². The number of anilines is 2. The zero-order valence-electron chi connectivity index (χ0n) is 16.0. The van der Waals surface area contributed by atoms with Crippen LogP contribution >= 0.6 is 0 Å². The van der Waals surface area contributed by atoms with Crippen molar-refractivity contribution in [3.8, 4) is 0 Å². The Morgan fingerprint density at radius 2 is 1.39 bits per heavy atom. The fourth-order valence-corrected chi connectivity index (χ4v) is 6.03. The van der Waals surface area contributed by atoms with E-state index in [4.69, 9.17) is 0 Å². The molecule has 1 fully saturated rings. The molecule has 0 atom stereocenters. The largest absolute Gasteiger partial charge is 0.370 e. The van der Waals surface area contributed by atoms with Crippen molar-refractivity contribution in [3.63, 3.8) is 0 Å². The van der Waals surface area contributed by atoms with Gasteiger partial charge in [-0.1, -0.05) is 24.3 Å². The topological polar surface area (TPSA) is 86.8 Å². The molecule has 0 amide bonds. The lowest BCUT2D eigenvalue weighted by molar-refractivity contribution is 0.517. The molecule has 0 unspecified atom stereocenters. The molecule has 1 aliphatic rings. The van der Waals surface area contributed by atoms with Crippen molar-refractivity contribution >= 4 is 31.4 Å². The van der Waals surface area contributed by atoms with Gasteiger partial charge in [0.15, 0.2) is 0 Å². The van der Waals surface area contributed by atoms with Crippen LogP contribution in [0.15, 0.2) is 58.3 Å². The predicted octanol–water partition coefficient (Wildman–Crippen LogP) is 2.73. The number of hydrogen-bond acceptors (Lipinski definition) is 5. The van der Waals surface area contributed by atoms with Gasteiger partial charge < -0.3 is 4.90 Å². The lowest BCUT2D eigenvalue weighted by Crippen LogP contribution is -2.30. The van der Waals surface area contributed by atoms with Crippen LogP contribution < -0.4 is 9.62 Å². The van der Waals surface area contributed by atoms with E-state index >= 15 is 0 Å². The molecule has 2 aromatic carbocycles. The van der Waals surface area contributed by atoms with Crippen LogP contribution in [0.3, 0.4) is 0 Å². The fourth-order valence-electron chi connectivity index (χ4n) is 3.25. The third-order valence-electron chi connectivity index (χ3n) is 4.74. The first-order valence-corrected chi connectivity index (χ1v) is 12.0. The van der Waals surface area contributed by atoms with Gasteiger partial charge in [-0.05, 0) is 43.5 Å². The van der Waals surface area contributed by atoms with E-state index in [1.807, 2.05) is 12.1 Å². The van der Waals surface area contributed by atoms with E-state index in [2.05, 4.69) is 9.62 Å². The van der Waals surface area contributed by atoms with Crippen molar-refractivity contribution in [2.24, 2.45) is 0 Å². The van der Waals surface area contributed by atoms with Crippen LogP contribution in [0.25, 0.3) is 0 Å². The lowest BCUT2D eigenvalue weighted by Gasteiger charge is -2.30. The Bertz CT molecular complexity index is 1040. The first-order chi connectivity index (χ1) is 13.2. The van der Waals surface area contributed by atoms with Gasteiger partial charge in [0.1, 0.15) is 9.79 Å². The average Bonchev–Trinajstić information content (AvgIpc) is 2.68. The number of piperidine rings is 1. The molecule has 0 aliphatic carbocycles. The number of nitrogens with zero attached hydrogens (tertiary/aromatic N) is 2. The minimum atomic E-state index is -4.10. The highest BCUT2D eigenvalue weighted by Crippen LogP contribution is 2.31. The van der Waals surface area contributed by atoms with Crippen molar-refractivity contribution in [3.05, 3.63) is 48.5 Å². The summed E-state index contributed by atoms with van der Waals surface area (Å²) >= 11 is 0. The Kier molecular flexibility index (Phi) is 5.97. The van der Waals surface area contributed by atoms with E-state index in [-0.39, 0.29) is 9.79 Å². The van der Waals surface area contributed by atoms with Crippen LogP contribution in [0.2, 0.25) is 0 Å². The summed E-state index contributed by atoms with van der Waals surface area (Å²) < 4.78 is 55.0. The van der Waals surface area contributed by atoms with Gasteiger partial charge in [-0.15, -0.1) is 0 Å². The van der Waals surface area contributed by atoms with Crippen LogP contribution in [0.1, 0.15) is 19.3 Å². The van der Waals surface area contributed by atoms with Gasteiger partial charge in [-0.2, -0.15) is 0 Å². The molecule has 1 heterocycles. The van der Waals surface area contributed by atoms with E-state index < -0.39 is 20.0 Å². The highest BCUT2D eigenvalue weighted by atomic mass is 32.2. The molecular formula is C19H25N3O4S2. The van der Waals surface area contributed by atoms with Crippen LogP contribution in [-0.4, -0.2) is 48.3 Å². The molecule has 1 saturated heterocycles. The second kappa shape index (κ2) is 8.10. The van der Waals surface area contributed by atoms with Gasteiger partial charge >= 0.3 is 0 Å². The minimum Gasteiger partial charge on any atom is -0.370 e. The molecular weight excluding hydrogens is 398 g/mol. The second-order valence-electron chi connectivity index (χ2n) is 6.90. The molecule has 28 heavy (non-hydrogen) atoms. The molecule has 0 bridgehead atoms.